The first-order valence-corrected chi connectivity index (χ1v) is 7.36. The van der Waals surface area contributed by atoms with Gasteiger partial charge in [-0.2, -0.15) is 0 Å². The zero-order chi connectivity index (χ0) is 14.8. The molecule has 0 fully saturated rings. The van der Waals surface area contributed by atoms with Crippen molar-refractivity contribution in [1.82, 2.24) is 0 Å². The molecule has 3 aromatic carbocycles. The molecule has 0 spiro atoms. The van der Waals surface area contributed by atoms with Crippen LogP contribution in [-0.4, -0.2) is 13.1 Å². The zero-order valence-corrected chi connectivity index (χ0v) is 13.1. The Morgan fingerprint density at radius 3 is 2.38 bits per heavy atom. The summed E-state index contributed by atoms with van der Waals surface area (Å²) < 4.78 is 5.66. The lowest BCUT2D eigenvalue weighted by atomic mass is 9.95. The van der Waals surface area contributed by atoms with E-state index in [1.165, 1.54) is 7.11 Å². The monoisotopic (exact) mass is 340 g/mol. The number of hydrogen-bond donors (Lipinski definition) is 0. The summed E-state index contributed by atoms with van der Waals surface area (Å²) >= 11 is 3.45. The van der Waals surface area contributed by atoms with Crippen LogP contribution in [0.1, 0.15) is 10.4 Å². The van der Waals surface area contributed by atoms with Gasteiger partial charge in [0.1, 0.15) is 0 Å². The molecule has 3 aromatic rings. The van der Waals surface area contributed by atoms with Crippen LogP contribution in [0.2, 0.25) is 0 Å². The van der Waals surface area contributed by atoms with Crippen molar-refractivity contribution in [3.05, 3.63) is 70.7 Å². The maximum absolute atomic E-state index is 12.1. The summed E-state index contributed by atoms with van der Waals surface area (Å²) in [5, 5.41) is 2.26. The van der Waals surface area contributed by atoms with Crippen molar-refractivity contribution in [3.8, 4) is 11.1 Å². The van der Waals surface area contributed by atoms with Crippen molar-refractivity contribution in [2.75, 3.05) is 7.11 Å². The Morgan fingerprint density at radius 2 is 1.57 bits per heavy atom. The standard InChI is InChI=1S/C18H13BrO2/c1-21-18(20)17-15(10-5-11-16(17)19)14-9-4-7-12-6-2-3-8-13(12)14/h2-11H,1H3. The number of carbonyl (C=O) groups excluding carboxylic acids is 1. The van der Waals surface area contributed by atoms with E-state index in [-0.39, 0.29) is 5.97 Å². The number of benzene rings is 3. The lowest BCUT2D eigenvalue weighted by Gasteiger charge is -2.12. The van der Waals surface area contributed by atoms with Crippen molar-refractivity contribution in [1.29, 1.82) is 0 Å². The molecule has 3 rings (SSSR count). The molecule has 0 N–H and O–H groups in total. The number of carbonyl (C=O) groups is 1. The normalized spacial score (nSPS) is 10.6. The van der Waals surface area contributed by atoms with Crippen molar-refractivity contribution in [2.45, 2.75) is 0 Å². The van der Waals surface area contributed by atoms with E-state index in [9.17, 15) is 4.79 Å². The third-order valence-electron chi connectivity index (χ3n) is 3.48. The third-order valence-corrected chi connectivity index (χ3v) is 4.14. The molecule has 0 aliphatic rings. The molecule has 0 aliphatic carbocycles. The Morgan fingerprint density at radius 1 is 0.905 bits per heavy atom. The Labute approximate surface area is 131 Å². The lowest BCUT2D eigenvalue weighted by Crippen LogP contribution is -2.04. The predicted octanol–water partition coefficient (Wildman–Crippen LogP) is 5.06. The summed E-state index contributed by atoms with van der Waals surface area (Å²) in [6.45, 7) is 0. The molecule has 104 valence electrons. The van der Waals surface area contributed by atoms with E-state index < -0.39 is 0 Å². The van der Waals surface area contributed by atoms with Crippen LogP contribution in [0.25, 0.3) is 21.9 Å². The maximum atomic E-state index is 12.1. The zero-order valence-electron chi connectivity index (χ0n) is 11.5. The van der Waals surface area contributed by atoms with E-state index in [0.29, 0.717) is 5.56 Å². The van der Waals surface area contributed by atoms with E-state index in [2.05, 4.69) is 34.1 Å². The molecule has 0 saturated heterocycles. The van der Waals surface area contributed by atoms with Gasteiger partial charge in [0.25, 0.3) is 0 Å². The quantitative estimate of drug-likeness (QED) is 0.609. The SMILES string of the molecule is COC(=O)c1c(Br)cccc1-c1cccc2ccccc12. The van der Waals surface area contributed by atoms with Crippen LogP contribution < -0.4 is 0 Å². The average molecular weight is 341 g/mol. The van der Waals surface area contributed by atoms with Crippen LogP contribution in [0, 0.1) is 0 Å². The molecule has 0 saturated carbocycles. The van der Waals surface area contributed by atoms with E-state index in [4.69, 9.17) is 4.74 Å². The molecule has 21 heavy (non-hydrogen) atoms. The van der Waals surface area contributed by atoms with Crippen molar-refractivity contribution in [2.24, 2.45) is 0 Å². The number of halogens is 1. The molecule has 0 bridgehead atoms. The summed E-state index contributed by atoms with van der Waals surface area (Å²) in [7, 11) is 1.40. The van der Waals surface area contributed by atoms with Gasteiger partial charge in [-0.05, 0) is 43.9 Å². The highest BCUT2D eigenvalue weighted by molar-refractivity contribution is 9.10. The number of esters is 1. The van der Waals surface area contributed by atoms with Crippen molar-refractivity contribution >= 4 is 32.7 Å². The summed E-state index contributed by atoms with van der Waals surface area (Å²) in [4.78, 5) is 12.1. The molecule has 3 heteroatoms. The lowest BCUT2D eigenvalue weighted by molar-refractivity contribution is 0.0600. The fourth-order valence-corrected chi connectivity index (χ4v) is 3.05. The molecule has 2 nitrogen and oxygen atoms in total. The van der Waals surface area contributed by atoms with Crippen LogP contribution in [0.4, 0.5) is 0 Å². The number of methoxy groups -OCH3 is 1. The molecule has 0 radical (unpaired) electrons. The Balaban J connectivity index is 2.34. The van der Waals surface area contributed by atoms with E-state index >= 15 is 0 Å². The molecule has 0 unspecified atom stereocenters. The van der Waals surface area contributed by atoms with E-state index in [1.54, 1.807) is 0 Å². The third kappa shape index (κ3) is 2.45. The van der Waals surface area contributed by atoms with Crippen LogP contribution in [0.15, 0.2) is 65.1 Å². The largest absolute Gasteiger partial charge is 0.465 e. The molecule has 0 aromatic heterocycles. The molecular formula is C18H13BrO2. The highest BCUT2D eigenvalue weighted by atomic mass is 79.9. The summed E-state index contributed by atoms with van der Waals surface area (Å²) in [6, 6.07) is 19.9. The van der Waals surface area contributed by atoms with E-state index in [1.807, 2.05) is 42.5 Å². The fourth-order valence-electron chi connectivity index (χ4n) is 2.52. The van der Waals surface area contributed by atoms with Crippen LogP contribution in [0.5, 0.6) is 0 Å². The van der Waals surface area contributed by atoms with Gasteiger partial charge in [-0.3, -0.25) is 0 Å². The van der Waals surface area contributed by atoms with Gasteiger partial charge in [0, 0.05) is 4.47 Å². The number of fused-ring (bicyclic) bond motifs is 1. The Kier molecular flexibility index (Phi) is 3.76. The summed E-state index contributed by atoms with van der Waals surface area (Å²) in [6.07, 6.45) is 0. The van der Waals surface area contributed by atoms with Crippen molar-refractivity contribution < 1.29 is 9.53 Å². The highest BCUT2D eigenvalue weighted by Gasteiger charge is 2.17. The van der Waals surface area contributed by atoms with Gasteiger partial charge in [-0.25, -0.2) is 4.79 Å². The number of hydrogen-bond acceptors (Lipinski definition) is 2. The summed E-state index contributed by atoms with van der Waals surface area (Å²) in [5.41, 5.74) is 2.44. The second-order valence-corrected chi connectivity index (χ2v) is 5.54. The van der Waals surface area contributed by atoms with Gasteiger partial charge in [0.2, 0.25) is 0 Å². The second kappa shape index (κ2) is 5.70. The minimum atomic E-state index is -0.342. The molecule has 0 aliphatic heterocycles. The Bertz CT molecular complexity index is 819. The fraction of sp³-hybridized carbons (Fsp3) is 0.0556. The molecule has 0 atom stereocenters. The topological polar surface area (TPSA) is 26.3 Å². The maximum Gasteiger partial charge on any atom is 0.339 e. The number of rotatable bonds is 2. The van der Waals surface area contributed by atoms with Crippen LogP contribution in [0.3, 0.4) is 0 Å². The highest BCUT2D eigenvalue weighted by Crippen LogP contribution is 2.34. The molecule has 0 amide bonds. The van der Waals surface area contributed by atoms with Gasteiger partial charge >= 0.3 is 5.97 Å². The smallest absolute Gasteiger partial charge is 0.339 e. The van der Waals surface area contributed by atoms with E-state index in [0.717, 1.165) is 26.4 Å². The molecular weight excluding hydrogens is 328 g/mol. The van der Waals surface area contributed by atoms with Gasteiger partial charge in [0.15, 0.2) is 0 Å². The Hall–Kier alpha value is -2.13. The van der Waals surface area contributed by atoms with Crippen LogP contribution >= 0.6 is 15.9 Å². The minimum Gasteiger partial charge on any atom is -0.465 e. The second-order valence-electron chi connectivity index (χ2n) is 4.68. The van der Waals surface area contributed by atoms with Gasteiger partial charge in [-0.15, -0.1) is 0 Å². The minimum absolute atomic E-state index is 0.342. The first-order chi connectivity index (χ1) is 10.2. The van der Waals surface area contributed by atoms with Gasteiger partial charge in [-0.1, -0.05) is 54.6 Å². The predicted molar refractivity (Wildman–Crippen MR) is 88.4 cm³/mol. The molecule has 0 heterocycles. The van der Waals surface area contributed by atoms with Crippen LogP contribution in [-0.2, 0) is 4.74 Å². The first kappa shape index (κ1) is 13.8. The first-order valence-electron chi connectivity index (χ1n) is 6.57. The van der Waals surface area contributed by atoms with Gasteiger partial charge < -0.3 is 4.74 Å². The number of ether oxygens (including phenoxy) is 1. The summed E-state index contributed by atoms with van der Waals surface area (Å²) in [5.74, 6) is -0.342. The average Bonchev–Trinajstić information content (AvgIpc) is 2.53. The van der Waals surface area contributed by atoms with Crippen molar-refractivity contribution in [3.63, 3.8) is 0 Å². The van der Waals surface area contributed by atoms with Gasteiger partial charge in [0.05, 0.1) is 12.7 Å².